The number of aliphatic hydroxyl groups is 1. The van der Waals surface area contributed by atoms with Gasteiger partial charge in [-0.25, -0.2) is 4.79 Å². The molecule has 86 valence electrons. The highest BCUT2D eigenvalue weighted by Gasteiger charge is 2.51. The molecule has 1 aromatic rings. The monoisotopic (exact) mass is 240 g/mol. The molecule has 4 nitrogen and oxygen atoms in total. The van der Waals surface area contributed by atoms with Crippen molar-refractivity contribution in [3.05, 3.63) is 20.9 Å². The van der Waals surface area contributed by atoms with Gasteiger partial charge in [-0.2, -0.15) is 0 Å². The second-order valence-electron chi connectivity index (χ2n) is 4.01. The Morgan fingerprint density at radius 1 is 1.25 bits per heavy atom. The number of carbonyl (C=O) groups excluding carboxylic acids is 2. The largest absolute Gasteiger partial charge is 0.391 e. The van der Waals surface area contributed by atoms with Crippen LogP contribution in [0.5, 0.6) is 0 Å². The molecule has 1 aliphatic rings. The van der Waals surface area contributed by atoms with Crippen molar-refractivity contribution in [1.82, 2.24) is 0 Å². The van der Waals surface area contributed by atoms with Gasteiger partial charge < -0.3 is 9.84 Å². The number of carbonyl (C=O) groups is 2. The lowest BCUT2D eigenvalue weighted by Crippen LogP contribution is -2.32. The lowest BCUT2D eigenvalue weighted by molar-refractivity contribution is -0.159. The van der Waals surface area contributed by atoms with E-state index in [2.05, 4.69) is 4.74 Å². The van der Waals surface area contributed by atoms with Gasteiger partial charge in [-0.1, -0.05) is 0 Å². The average Bonchev–Trinajstić information content (AvgIpc) is 2.53. The second kappa shape index (κ2) is 3.40. The third kappa shape index (κ3) is 1.39. The van der Waals surface area contributed by atoms with E-state index >= 15 is 0 Å². The van der Waals surface area contributed by atoms with Crippen LogP contribution < -0.4 is 0 Å². The molecular formula is C11H12O4S. The highest BCUT2D eigenvalue weighted by molar-refractivity contribution is 7.12. The quantitative estimate of drug-likeness (QED) is 0.594. The first-order chi connectivity index (χ1) is 7.36. The molecule has 0 bridgehead atoms. The Hall–Kier alpha value is -1.20. The number of aryl methyl sites for hydroxylation is 2. The van der Waals surface area contributed by atoms with Gasteiger partial charge in [-0.05, 0) is 26.3 Å². The van der Waals surface area contributed by atoms with Crippen molar-refractivity contribution < 1.29 is 19.4 Å². The van der Waals surface area contributed by atoms with E-state index in [4.69, 9.17) is 0 Å². The Kier molecular flexibility index (Phi) is 2.40. The van der Waals surface area contributed by atoms with Crippen LogP contribution in [0.1, 0.15) is 27.3 Å². The van der Waals surface area contributed by atoms with Crippen molar-refractivity contribution in [2.75, 3.05) is 0 Å². The Morgan fingerprint density at radius 3 is 2.25 bits per heavy atom. The van der Waals surface area contributed by atoms with E-state index < -0.39 is 17.5 Å². The molecule has 1 unspecified atom stereocenters. The number of hydrogen-bond donors (Lipinski definition) is 1. The predicted octanol–water partition coefficient (Wildman–Crippen LogP) is 1.33. The Bertz CT molecular complexity index is 488. The summed E-state index contributed by atoms with van der Waals surface area (Å²) in [6.45, 7) is 5.58. The van der Waals surface area contributed by atoms with Crippen LogP contribution in [0.2, 0.25) is 0 Å². The van der Waals surface area contributed by atoms with Crippen molar-refractivity contribution in [2.45, 2.75) is 32.8 Å². The number of esters is 2. The Morgan fingerprint density at radius 2 is 1.88 bits per heavy atom. The molecule has 1 fully saturated rings. The third-order valence-electron chi connectivity index (χ3n) is 2.92. The number of hydrogen-bond acceptors (Lipinski definition) is 5. The molecular weight excluding hydrogens is 228 g/mol. The van der Waals surface area contributed by atoms with Crippen molar-refractivity contribution in [2.24, 2.45) is 0 Å². The molecule has 16 heavy (non-hydrogen) atoms. The van der Waals surface area contributed by atoms with Gasteiger partial charge in [0.05, 0.1) is 6.42 Å². The van der Waals surface area contributed by atoms with E-state index in [1.165, 1.54) is 11.3 Å². The van der Waals surface area contributed by atoms with Gasteiger partial charge in [0.25, 0.3) is 0 Å². The van der Waals surface area contributed by atoms with Gasteiger partial charge in [-0.15, -0.1) is 11.3 Å². The van der Waals surface area contributed by atoms with E-state index in [-0.39, 0.29) is 6.42 Å². The van der Waals surface area contributed by atoms with Crippen molar-refractivity contribution >= 4 is 23.3 Å². The van der Waals surface area contributed by atoms with Gasteiger partial charge in [0, 0.05) is 15.3 Å². The number of ether oxygens (including phenoxy) is 1. The fourth-order valence-electron chi connectivity index (χ4n) is 2.09. The number of thiophene rings is 1. The van der Waals surface area contributed by atoms with E-state index in [0.717, 1.165) is 15.3 Å². The molecule has 0 aromatic carbocycles. The summed E-state index contributed by atoms with van der Waals surface area (Å²) < 4.78 is 4.43. The molecule has 2 rings (SSSR count). The maximum atomic E-state index is 11.5. The second-order valence-corrected chi connectivity index (χ2v) is 5.44. The molecule has 0 amide bonds. The number of cyclic esters (lactones) is 2. The zero-order valence-electron chi connectivity index (χ0n) is 9.29. The van der Waals surface area contributed by atoms with Crippen LogP contribution in [0.4, 0.5) is 0 Å². The summed E-state index contributed by atoms with van der Waals surface area (Å²) >= 11 is 1.51. The van der Waals surface area contributed by atoms with E-state index in [0.29, 0.717) is 5.56 Å². The van der Waals surface area contributed by atoms with Crippen LogP contribution in [0.25, 0.3) is 0 Å². The van der Waals surface area contributed by atoms with Crippen LogP contribution in [-0.4, -0.2) is 17.0 Å². The summed E-state index contributed by atoms with van der Waals surface area (Å²) in [6, 6.07) is 0. The zero-order valence-corrected chi connectivity index (χ0v) is 10.1. The molecule has 0 aliphatic carbocycles. The van der Waals surface area contributed by atoms with Crippen molar-refractivity contribution in [3.63, 3.8) is 0 Å². The topological polar surface area (TPSA) is 63.6 Å². The maximum Gasteiger partial charge on any atom is 0.351 e. The van der Waals surface area contributed by atoms with Gasteiger partial charge in [0.2, 0.25) is 0 Å². The van der Waals surface area contributed by atoms with Crippen LogP contribution in [0.15, 0.2) is 0 Å². The van der Waals surface area contributed by atoms with Crippen LogP contribution >= 0.6 is 11.3 Å². The molecule has 1 atom stereocenters. The summed E-state index contributed by atoms with van der Waals surface area (Å²) in [5.41, 5.74) is -0.391. The van der Waals surface area contributed by atoms with Gasteiger partial charge in [0.1, 0.15) is 0 Å². The highest BCUT2D eigenvalue weighted by atomic mass is 32.1. The third-order valence-corrected chi connectivity index (χ3v) is 4.04. The van der Waals surface area contributed by atoms with Gasteiger partial charge in [-0.3, -0.25) is 4.79 Å². The maximum absolute atomic E-state index is 11.5. The van der Waals surface area contributed by atoms with E-state index in [1.807, 2.05) is 20.8 Å². The van der Waals surface area contributed by atoms with Crippen molar-refractivity contribution in [3.8, 4) is 0 Å². The fourth-order valence-corrected chi connectivity index (χ4v) is 3.23. The highest BCUT2D eigenvalue weighted by Crippen LogP contribution is 2.40. The molecule has 1 aromatic heterocycles. The fraction of sp³-hybridized carbons (Fsp3) is 0.455. The summed E-state index contributed by atoms with van der Waals surface area (Å²) in [5, 5.41) is 10.3. The lowest BCUT2D eigenvalue weighted by Gasteiger charge is -2.18. The Balaban J connectivity index is 2.59. The van der Waals surface area contributed by atoms with Gasteiger partial charge >= 0.3 is 11.9 Å². The van der Waals surface area contributed by atoms with Gasteiger partial charge in [0.15, 0.2) is 5.60 Å². The smallest absolute Gasteiger partial charge is 0.351 e. The molecule has 5 heteroatoms. The van der Waals surface area contributed by atoms with E-state index in [1.54, 1.807) is 0 Å². The summed E-state index contributed by atoms with van der Waals surface area (Å²) in [5.74, 6) is -1.53. The number of rotatable bonds is 1. The SMILES string of the molecule is Cc1sc(C)c(C2(O)CC(=O)OC2=O)c1C. The normalized spacial score (nSPS) is 25.0. The minimum atomic E-state index is -1.78. The van der Waals surface area contributed by atoms with Crippen LogP contribution in [0.3, 0.4) is 0 Å². The van der Waals surface area contributed by atoms with E-state index in [9.17, 15) is 14.7 Å². The molecule has 1 N–H and O–H groups in total. The first-order valence-corrected chi connectivity index (χ1v) is 5.72. The average molecular weight is 240 g/mol. The van der Waals surface area contributed by atoms with Crippen molar-refractivity contribution in [1.29, 1.82) is 0 Å². The molecule has 1 saturated heterocycles. The summed E-state index contributed by atoms with van der Waals surface area (Å²) in [6.07, 6.45) is -0.288. The van der Waals surface area contributed by atoms with Crippen LogP contribution in [0, 0.1) is 20.8 Å². The first kappa shape index (κ1) is 11.3. The summed E-state index contributed by atoms with van der Waals surface area (Å²) in [4.78, 5) is 24.5. The Labute approximate surface area is 96.9 Å². The molecule has 1 aliphatic heterocycles. The minimum Gasteiger partial charge on any atom is -0.391 e. The summed E-state index contributed by atoms with van der Waals surface area (Å²) in [7, 11) is 0. The zero-order chi connectivity index (χ0) is 12.1. The predicted molar refractivity (Wildman–Crippen MR) is 58.1 cm³/mol. The molecule has 0 saturated carbocycles. The molecule has 0 spiro atoms. The van der Waals surface area contributed by atoms with Crippen LogP contribution in [-0.2, 0) is 19.9 Å². The molecule has 2 heterocycles. The lowest BCUT2D eigenvalue weighted by atomic mass is 9.89. The molecule has 0 radical (unpaired) electrons. The minimum absolute atomic E-state index is 0.288. The standard InChI is InChI=1S/C11H12O4S/c1-5-6(2)16-7(3)9(5)11(14)4-8(12)15-10(11)13/h14H,4H2,1-3H3. The first-order valence-electron chi connectivity index (χ1n) is 4.91.